The lowest BCUT2D eigenvalue weighted by Gasteiger charge is -2.29. The first-order valence-electron chi connectivity index (χ1n) is 7.98. The first-order chi connectivity index (χ1) is 11.3. The van der Waals surface area contributed by atoms with E-state index in [4.69, 9.17) is 0 Å². The van der Waals surface area contributed by atoms with E-state index in [9.17, 15) is 9.18 Å². The molecule has 0 bridgehead atoms. The van der Waals surface area contributed by atoms with Crippen molar-refractivity contribution in [1.82, 2.24) is 15.2 Å². The smallest absolute Gasteiger partial charge is 0.317 e. The van der Waals surface area contributed by atoms with E-state index in [2.05, 4.69) is 10.3 Å². The lowest BCUT2D eigenvalue weighted by atomic mass is 9.84. The molecule has 1 heterocycles. The SMILES string of the molecule is C[C@H](c1cccnc1)N(C)C(=O)NCC(C)(C)c1ccc(F)cc1. The number of hydrogen-bond acceptors (Lipinski definition) is 2. The summed E-state index contributed by atoms with van der Waals surface area (Å²) in [7, 11) is 1.76. The Labute approximate surface area is 142 Å². The minimum absolute atomic E-state index is 0.0763. The highest BCUT2D eigenvalue weighted by Gasteiger charge is 2.24. The van der Waals surface area contributed by atoms with Crippen molar-refractivity contribution in [3.63, 3.8) is 0 Å². The Balaban J connectivity index is 1.97. The first kappa shape index (κ1) is 17.9. The van der Waals surface area contributed by atoms with Crippen LogP contribution in [-0.4, -0.2) is 29.5 Å². The molecule has 0 aliphatic heterocycles. The highest BCUT2D eigenvalue weighted by atomic mass is 19.1. The third kappa shape index (κ3) is 4.31. The van der Waals surface area contributed by atoms with E-state index in [0.29, 0.717) is 6.54 Å². The van der Waals surface area contributed by atoms with Gasteiger partial charge in [0.25, 0.3) is 0 Å². The third-order valence-corrected chi connectivity index (χ3v) is 4.38. The van der Waals surface area contributed by atoms with Crippen LogP contribution in [0.25, 0.3) is 0 Å². The molecule has 0 radical (unpaired) electrons. The minimum atomic E-state index is -0.290. The van der Waals surface area contributed by atoms with Crippen LogP contribution in [-0.2, 0) is 5.41 Å². The highest BCUT2D eigenvalue weighted by Crippen LogP contribution is 2.23. The van der Waals surface area contributed by atoms with Gasteiger partial charge in [-0.1, -0.05) is 32.0 Å². The maximum atomic E-state index is 13.1. The number of hydrogen-bond donors (Lipinski definition) is 1. The van der Waals surface area contributed by atoms with E-state index in [1.165, 1.54) is 12.1 Å². The normalized spacial score (nSPS) is 12.5. The maximum absolute atomic E-state index is 13.1. The van der Waals surface area contributed by atoms with Gasteiger partial charge >= 0.3 is 6.03 Å². The number of benzene rings is 1. The predicted octanol–water partition coefficient (Wildman–Crippen LogP) is 3.90. The number of rotatable bonds is 5. The number of nitrogens with zero attached hydrogens (tertiary/aromatic N) is 2. The molecule has 0 spiro atoms. The number of amides is 2. The number of aromatic nitrogens is 1. The number of urea groups is 1. The third-order valence-electron chi connectivity index (χ3n) is 4.38. The zero-order chi connectivity index (χ0) is 17.7. The molecule has 2 aromatic rings. The lowest BCUT2D eigenvalue weighted by molar-refractivity contribution is 0.192. The van der Waals surface area contributed by atoms with E-state index in [1.54, 1.807) is 36.5 Å². The number of carbonyl (C=O) groups excluding carboxylic acids is 1. The summed E-state index contributed by atoms with van der Waals surface area (Å²) in [4.78, 5) is 18.2. The molecule has 1 atom stereocenters. The van der Waals surface area contributed by atoms with Gasteiger partial charge in [-0.2, -0.15) is 0 Å². The Kier molecular flexibility index (Phi) is 5.54. The van der Waals surface area contributed by atoms with Gasteiger partial charge in [0.15, 0.2) is 0 Å². The van der Waals surface area contributed by atoms with E-state index < -0.39 is 0 Å². The quantitative estimate of drug-likeness (QED) is 0.904. The maximum Gasteiger partial charge on any atom is 0.317 e. The highest BCUT2D eigenvalue weighted by molar-refractivity contribution is 5.74. The van der Waals surface area contributed by atoms with Crippen LogP contribution in [0, 0.1) is 5.82 Å². The summed E-state index contributed by atoms with van der Waals surface area (Å²) in [6.45, 7) is 6.46. The van der Waals surface area contributed by atoms with E-state index in [0.717, 1.165) is 11.1 Å². The van der Waals surface area contributed by atoms with Crippen LogP contribution in [0.15, 0.2) is 48.8 Å². The van der Waals surface area contributed by atoms with Crippen molar-refractivity contribution in [3.8, 4) is 0 Å². The number of halogens is 1. The Morgan fingerprint density at radius 3 is 2.54 bits per heavy atom. The van der Waals surface area contributed by atoms with Crippen LogP contribution >= 0.6 is 0 Å². The molecule has 1 N–H and O–H groups in total. The second kappa shape index (κ2) is 7.43. The molecule has 2 amide bonds. The Morgan fingerprint density at radius 1 is 1.29 bits per heavy atom. The van der Waals surface area contributed by atoms with Gasteiger partial charge in [0.2, 0.25) is 0 Å². The average molecular weight is 329 g/mol. The van der Waals surface area contributed by atoms with Crippen molar-refractivity contribution in [2.45, 2.75) is 32.2 Å². The van der Waals surface area contributed by atoms with Crippen molar-refractivity contribution in [3.05, 3.63) is 65.7 Å². The predicted molar refractivity (Wildman–Crippen MR) is 93.2 cm³/mol. The molecule has 1 aromatic carbocycles. The molecular formula is C19H24FN3O. The zero-order valence-corrected chi connectivity index (χ0v) is 14.6. The summed E-state index contributed by atoms with van der Waals surface area (Å²) in [5.41, 5.74) is 1.67. The molecule has 1 aromatic heterocycles. The van der Waals surface area contributed by atoms with E-state index in [-0.39, 0.29) is 23.3 Å². The summed E-state index contributed by atoms with van der Waals surface area (Å²) in [6, 6.07) is 9.96. The number of carbonyl (C=O) groups is 1. The molecule has 4 nitrogen and oxygen atoms in total. The second-order valence-corrected chi connectivity index (χ2v) is 6.62. The van der Waals surface area contributed by atoms with Gasteiger partial charge in [-0.25, -0.2) is 9.18 Å². The summed E-state index contributed by atoms with van der Waals surface area (Å²) in [5, 5.41) is 2.96. The molecule has 0 fully saturated rings. The van der Waals surface area contributed by atoms with Crippen LogP contribution in [0.1, 0.15) is 37.9 Å². The van der Waals surface area contributed by atoms with E-state index >= 15 is 0 Å². The van der Waals surface area contributed by atoms with Crippen molar-refractivity contribution in [2.75, 3.05) is 13.6 Å². The van der Waals surface area contributed by atoms with Gasteiger partial charge in [0.1, 0.15) is 5.82 Å². The monoisotopic (exact) mass is 329 g/mol. The largest absolute Gasteiger partial charge is 0.337 e. The minimum Gasteiger partial charge on any atom is -0.337 e. The molecule has 0 saturated heterocycles. The molecule has 24 heavy (non-hydrogen) atoms. The molecule has 0 saturated carbocycles. The fraction of sp³-hybridized carbons (Fsp3) is 0.368. The molecule has 5 heteroatoms. The molecule has 0 aliphatic carbocycles. The Morgan fingerprint density at radius 2 is 1.96 bits per heavy atom. The van der Waals surface area contributed by atoms with Gasteiger partial charge in [-0.15, -0.1) is 0 Å². The Hall–Kier alpha value is -2.43. The standard InChI is InChI=1S/C19H24FN3O/c1-14(15-6-5-11-21-12-15)23(4)18(24)22-13-19(2,3)16-7-9-17(20)10-8-16/h5-12,14H,13H2,1-4H3,(H,22,24)/t14-/m1/s1. The summed E-state index contributed by atoms with van der Waals surface area (Å²) in [6.07, 6.45) is 3.47. The van der Waals surface area contributed by atoms with Crippen LogP contribution in [0.5, 0.6) is 0 Å². The van der Waals surface area contributed by atoms with Gasteiger partial charge < -0.3 is 10.2 Å². The topological polar surface area (TPSA) is 45.2 Å². The fourth-order valence-corrected chi connectivity index (χ4v) is 2.45. The molecule has 2 rings (SSSR count). The van der Waals surface area contributed by atoms with Crippen molar-refractivity contribution >= 4 is 6.03 Å². The Bertz CT molecular complexity index is 671. The van der Waals surface area contributed by atoms with Gasteiger partial charge in [-0.05, 0) is 36.2 Å². The van der Waals surface area contributed by atoms with Crippen LogP contribution in [0.2, 0.25) is 0 Å². The number of nitrogens with one attached hydrogen (secondary N) is 1. The van der Waals surface area contributed by atoms with Gasteiger partial charge in [0.05, 0.1) is 6.04 Å². The van der Waals surface area contributed by atoms with E-state index in [1.807, 2.05) is 32.9 Å². The summed E-state index contributed by atoms with van der Waals surface area (Å²) >= 11 is 0. The second-order valence-electron chi connectivity index (χ2n) is 6.62. The van der Waals surface area contributed by atoms with Gasteiger partial charge in [-0.3, -0.25) is 4.98 Å². The number of pyridine rings is 1. The summed E-state index contributed by atoms with van der Waals surface area (Å²) < 4.78 is 13.1. The van der Waals surface area contributed by atoms with Crippen LogP contribution < -0.4 is 5.32 Å². The lowest BCUT2D eigenvalue weighted by Crippen LogP contribution is -2.44. The molecule has 128 valence electrons. The molecule has 0 aliphatic rings. The van der Waals surface area contributed by atoms with Crippen LogP contribution in [0.3, 0.4) is 0 Å². The van der Waals surface area contributed by atoms with Crippen LogP contribution in [0.4, 0.5) is 9.18 Å². The van der Waals surface area contributed by atoms with Gasteiger partial charge in [0, 0.05) is 31.4 Å². The molecular weight excluding hydrogens is 305 g/mol. The van der Waals surface area contributed by atoms with Crippen molar-refractivity contribution < 1.29 is 9.18 Å². The zero-order valence-electron chi connectivity index (χ0n) is 14.6. The molecule has 0 unspecified atom stereocenters. The van der Waals surface area contributed by atoms with Crippen molar-refractivity contribution in [1.29, 1.82) is 0 Å². The first-order valence-corrected chi connectivity index (χ1v) is 7.98. The summed E-state index contributed by atoms with van der Waals surface area (Å²) in [5.74, 6) is -0.261. The average Bonchev–Trinajstić information content (AvgIpc) is 2.59. The van der Waals surface area contributed by atoms with Crippen molar-refractivity contribution in [2.24, 2.45) is 0 Å². The fourth-order valence-electron chi connectivity index (χ4n) is 2.45.